The van der Waals surface area contributed by atoms with Gasteiger partial charge in [0.15, 0.2) is 0 Å². The van der Waals surface area contributed by atoms with Crippen LogP contribution in [-0.2, 0) is 0 Å². The van der Waals surface area contributed by atoms with Crippen molar-refractivity contribution in [2.75, 3.05) is 5.32 Å². The summed E-state index contributed by atoms with van der Waals surface area (Å²) in [5, 5.41) is 4.21. The standard InChI is InChI=1S/C10H6BrCl2N3/c11-9-4-10(15-5-14-9)16-8-2-1-6(12)3-7(8)13/h1-5H,(H,14,15,16). The van der Waals surface area contributed by atoms with Crippen LogP contribution in [-0.4, -0.2) is 9.97 Å². The molecule has 0 saturated heterocycles. The van der Waals surface area contributed by atoms with E-state index in [1.54, 1.807) is 24.3 Å². The summed E-state index contributed by atoms with van der Waals surface area (Å²) in [4.78, 5) is 7.98. The average molecular weight is 319 g/mol. The van der Waals surface area contributed by atoms with E-state index in [-0.39, 0.29) is 0 Å². The van der Waals surface area contributed by atoms with Crippen molar-refractivity contribution in [1.82, 2.24) is 9.97 Å². The Kier molecular flexibility index (Phi) is 3.63. The molecule has 1 aromatic carbocycles. The Morgan fingerprint density at radius 2 is 1.94 bits per heavy atom. The molecule has 0 unspecified atom stereocenters. The fraction of sp³-hybridized carbons (Fsp3) is 0. The van der Waals surface area contributed by atoms with Crippen molar-refractivity contribution in [2.24, 2.45) is 0 Å². The van der Waals surface area contributed by atoms with E-state index in [9.17, 15) is 0 Å². The van der Waals surface area contributed by atoms with Crippen molar-refractivity contribution in [1.29, 1.82) is 0 Å². The molecule has 0 fully saturated rings. The van der Waals surface area contributed by atoms with Crippen LogP contribution in [0.15, 0.2) is 35.2 Å². The average Bonchev–Trinajstić information content (AvgIpc) is 2.22. The highest BCUT2D eigenvalue weighted by atomic mass is 79.9. The highest BCUT2D eigenvalue weighted by Gasteiger charge is 2.02. The highest BCUT2D eigenvalue weighted by Crippen LogP contribution is 2.27. The van der Waals surface area contributed by atoms with Crippen LogP contribution in [0.3, 0.4) is 0 Å². The maximum atomic E-state index is 6.02. The highest BCUT2D eigenvalue weighted by molar-refractivity contribution is 9.10. The molecular weight excluding hydrogens is 313 g/mol. The predicted octanol–water partition coefficient (Wildman–Crippen LogP) is 4.29. The summed E-state index contributed by atoms with van der Waals surface area (Å²) in [6.45, 7) is 0. The van der Waals surface area contributed by atoms with Crippen molar-refractivity contribution in [2.45, 2.75) is 0 Å². The van der Waals surface area contributed by atoms with Gasteiger partial charge >= 0.3 is 0 Å². The summed E-state index contributed by atoms with van der Waals surface area (Å²) < 4.78 is 0.704. The molecule has 0 aliphatic carbocycles. The van der Waals surface area contributed by atoms with Gasteiger partial charge in [-0.2, -0.15) is 0 Å². The molecule has 0 amide bonds. The molecule has 16 heavy (non-hydrogen) atoms. The molecule has 0 bridgehead atoms. The Morgan fingerprint density at radius 3 is 2.62 bits per heavy atom. The van der Waals surface area contributed by atoms with E-state index in [0.29, 0.717) is 20.5 Å². The second-order valence-electron chi connectivity index (χ2n) is 2.98. The lowest BCUT2D eigenvalue weighted by atomic mass is 10.3. The van der Waals surface area contributed by atoms with E-state index in [0.717, 1.165) is 5.69 Å². The molecule has 3 nitrogen and oxygen atoms in total. The molecule has 0 radical (unpaired) electrons. The van der Waals surface area contributed by atoms with E-state index >= 15 is 0 Å². The van der Waals surface area contributed by atoms with Gasteiger partial charge in [-0.3, -0.25) is 0 Å². The van der Waals surface area contributed by atoms with Crippen molar-refractivity contribution < 1.29 is 0 Å². The summed E-state index contributed by atoms with van der Waals surface area (Å²) >= 11 is 15.1. The van der Waals surface area contributed by atoms with Gasteiger partial charge in [0.25, 0.3) is 0 Å². The predicted molar refractivity (Wildman–Crippen MR) is 69.5 cm³/mol. The number of rotatable bonds is 2. The number of nitrogens with zero attached hydrogens (tertiary/aromatic N) is 2. The van der Waals surface area contributed by atoms with Crippen LogP contribution in [0.2, 0.25) is 10.0 Å². The van der Waals surface area contributed by atoms with Crippen molar-refractivity contribution in [3.05, 3.63) is 45.2 Å². The first kappa shape index (κ1) is 11.6. The largest absolute Gasteiger partial charge is 0.339 e. The lowest BCUT2D eigenvalue weighted by Crippen LogP contribution is -1.94. The molecule has 0 saturated carbocycles. The van der Waals surface area contributed by atoms with Crippen LogP contribution in [0.1, 0.15) is 0 Å². The van der Waals surface area contributed by atoms with E-state index in [4.69, 9.17) is 23.2 Å². The van der Waals surface area contributed by atoms with Gasteiger partial charge < -0.3 is 5.32 Å². The zero-order valence-corrected chi connectivity index (χ0v) is 11.0. The normalized spacial score (nSPS) is 10.2. The van der Waals surface area contributed by atoms with Gasteiger partial charge in [0.2, 0.25) is 0 Å². The Balaban J connectivity index is 2.27. The number of hydrogen-bond acceptors (Lipinski definition) is 3. The smallest absolute Gasteiger partial charge is 0.134 e. The molecule has 0 spiro atoms. The molecular formula is C10H6BrCl2N3. The second-order valence-corrected chi connectivity index (χ2v) is 4.63. The molecule has 6 heteroatoms. The molecule has 1 aromatic heterocycles. The summed E-state index contributed by atoms with van der Waals surface area (Å²) in [5.74, 6) is 0.658. The lowest BCUT2D eigenvalue weighted by Gasteiger charge is -2.07. The van der Waals surface area contributed by atoms with Crippen LogP contribution < -0.4 is 5.32 Å². The van der Waals surface area contributed by atoms with Crippen molar-refractivity contribution >= 4 is 50.6 Å². The molecule has 2 aromatic rings. The lowest BCUT2D eigenvalue weighted by molar-refractivity contribution is 1.14. The van der Waals surface area contributed by atoms with E-state index in [1.807, 2.05) is 0 Å². The minimum Gasteiger partial charge on any atom is -0.339 e. The van der Waals surface area contributed by atoms with E-state index in [2.05, 4.69) is 31.2 Å². The Labute approximate surface area is 111 Å². The summed E-state index contributed by atoms with van der Waals surface area (Å²) in [7, 11) is 0. The number of nitrogens with one attached hydrogen (secondary N) is 1. The van der Waals surface area contributed by atoms with Crippen molar-refractivity contribution in [3.63, 3.8) is 0 Å². The molecule has 82 valence electrons. The third kappa shape index (κ3) is 2.84. The van der Waals surface area contributed by atoms with Crippen LogP contribution in [0.4, 0.5) is 11.5 Å². The third-order valence-corrected chi connectivity index (χ3v) is 2.81. The maximum absolute atomic E-state index is 6.02. The van der Waals surface area contributed by atoms with Gasteiger partial charge in [0, 0.05) is 11.1 Å². The van der Waals surface area contributed by atoms with E-state index < -0.39 is 0 Å². The van der Waals surface area contributed by atoms with Crippen LogP contribution >= 0.6 is 39.1 Å². The number of hydrogen-bond donors (Lipinski definition) is 1. The third-order valence-electron chi connectivity index (χ3n) is 1.83. The maximum Gasteiger partial charge on any atom is 0.134 e. The number of halogens is 3. The first-order chi connectivity index (χ1) is 7.65. The van der Waals surface area contributed by atoms with Gasteiger partial charge in [-0.05, 0) is 34.1 Å². The molecule has 1 heterocycles. The topological polar surface area (TPSA) is 37.8 Å². The summed E-state index contributed by atoms with van der Waals surface area (Å²) in [6, 6.07) is 6.97. The van der Waals surface area contributed by atoms with Crippen LogP contribution in [0.25, 0.3) is 0 Å². The van der Waals surface area contributed by atoms with Gasteiger partial charge in [0.05, 0.1) is 10.7 Å². The van der Waals surface area contributed by atoms with E-state index in [1.165, 1.54) is 6.33 Å². The van der Waals surface area contributed by atoms with Gasteiger partial charge in [-0.15, -0.1) is 0 Å². The quantitative estimate of drug-likeness (QED) is 0.839. The monoisotopic (exact) mass is 317 g/mol. The molecule has 1 N–H and O–H groups in total. The SMILES string of the molecule is Clc1ccc(Nc2cc(Br)ncn2)c(Cl)c1. The number of anilines is 2. The first-order valence-corrected chi connectivity index (χ1v) is 5.89. The Morgan fingerprint density at radius 1 is 1.12 bits per heavy atom. The Hall–Kier alpha value is -0.840. The molecule has 2 rings (SSSR count). The van der Waals surface area contributed by atoms with Gasteiger partial charge in [0.1, 0.15) is 16.7 Å². The summed E-state index contributed by atoms with van der Waals surface area (Å²) in [5.41, 5.74) is 0.747. The Bertz CT molecular complexity index is 519. The van der Waals surface area contributed by atoms with Gasteiger partial charge in [-0.25, -0.2) is 9.97 Å². The molecule has 0 aliphatic heterocycles. The molecule has 0 atom stereocenters. The fourth-order valence-electron chi connectivity index (χ4n) is 1.13. The fourth-order valence-corrected chi connectivity index (χ4v) is 1.89. The first-order valence-electron chi connectivity index (χ1n) is 4.35. The zero-order valence-electron chi connectivity index (χ0n) is 7.92. The second kappa shape index (κ2) is 4.99. The minimum atomic E-state index is 0.544. The zero-order chi connectivity index (χ0) is 11.5. The van der Waals surface area contributed by atoms with Crippen molar-refractivity contribution in [3.8, 4) is 0 Å². The number of aromatic nitrogens is 2. The molecule has 0 aliphatic rings. The number of benzene rings is 1. The van der Waals surface area contributed by atoms with Crippen LogP contribution in [0.5, 0.6) is 0 Å². The summed E-state index contributed by atoms with van der Waals surface area (Å²) in [6.07, 6.45) is 1.45. The minimum absolute atomic E-state index is 0.544. The van der Waals surface area contributed by atoms with Gasteiger partial charge in [-0.1, -0.05) is 23.2 Å². The van der Waals surface area contributed by atoms with Crippen LogP contribution in [0, 0.1) is 0 Å².